The van der Waals surface area contributed by atoms with Crippen molar-refractivity contribution < 1.29 is 0 Å². The Hall–Kier alpha value is -0.860. The number of hydrogen-bond donors (Lipinski definition) is 2. The third-order valence-corrected chi connectivity index (χ3v) is 2.82. The summed E-state index contributed by atoms with van der Waals surface area (Å²) < 4.78 is 0. The van der Waals surface area contributed by atoms with Crippen molar-refractivity contribution in [3.05, 3.63) is 35.4 Å². The van der Waals surface area contributed by atoms with Crippen molar-refractivity contribution in [2.45, 2.75) is 39.3 Å². The van der Waals surface area contributed by atoms with E-state index in [1.54, 1.807) is 0 Å². The molecule has 16 heavy (non-hydrogen) atoms. The second-order valence-corrected chi connectivity index (χ2v) is 4.94. The summed E-state index contributed by atoms with van der Waals surface area (Å²) in [6.45, 7) is 8.51. The molecule has 0 aromatic heterocycles. The fourth-order valence-corrected chi connectivity index (χ4v) is 1.74. The van der Waals surface area contributed by atoms with Gasteiger partial charge in [-0.1, -0.05) is 31.2 Å². The Morgan fingerprint density at radius 3 is 2.12 bits per heavy atom. The van der Waals surface area contributed by atoms with E-state index in [1.165, 1.54) is 11.1 Å². The van der Waals surface area contributed by atoms with Crippen molar-refractivity contribution in [3.63, 3.8) is 0 Å². The largest absolute Gasteiger partial charge is 0.318 e. The van der Waals surface area contributed by atoms with Crippen molar-refractivity contribution in [1.29, 1.82) is 0 Å². The first-order valence-corrected chi connectivity index (χ1v) is 6.05. The average Bonchev–Trinajstić information content (AvgIpc) is 2.27. The van der Waals surface area contributed by atoms with Gasteiger partial charge in [-0.3, -0.25) is 0 Å². The van der Waals surface area contributed by atoms with Gasteiger partial charge >= 0.3 is 0 Å². The minimum Gasteiger partial charge on any atom is -0.318 e. The maximum Gasteiger partial charge on any atom is 0.0252 e. The van der Waals surface area contributed by atoms with E-state index < -0.39 is 0 Å². The lowest BCUT2D eigenvalue weighted by molar-refractivity contribution is 0.374. The summed E-state index contributed by atoms with van der Waals surface area (Å²) in [4.78, 5) is 0. The molecule has 2 N–H and O–H groups in total. The highest BCUT2D eigenvalue weighted by atomic mass is 15.0. The number of nitrogens with one attached hydrogen (secondary N) is 2. The van der Waals surface area contributed by atoms with Gasteiger partial charge in [0.1, 0.15) is 0 Å². The molecule has 1 rings (SSSR count). The molecule has 0 aliphatic rings. The van der Waals surface area contributed by atoms with E-state index in [0.29, 0.717) is 0 Å². The SMILES string of the molecule is CCc1ccc(CNC(C)(C)CNC)cc1. The monoisotopic (exact) mass is 220 g/mol. The zero-order valence-corrected chi connectivity index (χ0v) is 10.9. The highest BCUT2D eigenvalue weighted by Gasteiger charge is 2.14. The third kappa shape index (κ3) is 4.33. The highest BCUT2D eigenvalue weighted by Crippen LogP contribution is 2.07. The summed E-state index contributed by atoms with van der Waals surface area (Å²) in [5.41, 5.74) is 2.89. The number of benzene rings is 1. The van der Waals surface area contributed by atoms with E-state index in [2.05, 4.69) is 55.7 Å². The summed E-state index contributed by atoms with van der Waals surface area (Å²) in [5, 5.41) is 6.75. The molecule has 0 aliphatic heterocycles. The first-order chi connectivity index (χ1) is 7.57. The van der Waals surface area contributed by atoms with Gasteiger partial charge in [0.05, 0.1) is 0 Å². The zero-order chi connectivity index (χ0) is 12.0. The van der Waals surface area contributed by atoms with Gasteiger partial charge in [0.2, 0.25) is 0 Å². The molecule has 1 aromatic carbocycles. The Balaban J connectivity index is 2.48. The van der Waals surface area contributed by atoms with Crippen LogP contribution in [0.4, 0.5) is 0 Å². The molecule has 0 atom stereocenters. The molecule has 0 unspecified atom stereocenters. The van der Waals surface area contributed by atoms with E-state index in [0.717, 1.165) is 19.5 Å². The van der Waals surface area contributed by atoms with Gasteiger partial charge < -0.3 is 10.6 Å². The van der Waals surface area contributed by atoms with E-state index in [4.69, 9.17) is 0 Å². The molecule has 0 saturated heterocycles. The van der Waals surface area contributed by atoms with E-state index in [1.807, 2.05) is 7.05 Å². The minimum absolute atomic E-state index is 0.137. The molecule has 0 radical (unpaired) electrons. The first kappa shape index (κ1) is 13.2. The minimum atomic E-state index is 0.137. The number of hydrogen-bond acceptors (Lipinski definition) is 2. The number of rotatable bonds is 6. The van der Waals surface area contributed by atoms with E-state index in [-0.39, 0.29) is 5.54 Å². The van der Waals surface area contributed by atoms with Crippen LogP contribution in [0, 0.1) is 0 Å². The lowest BCUT2D eigenvalue weighted by Gasteiger charge is -2.26. The first-order valence-electron chi connectivity index (χ1n) is 6.05. The van der Waals surface area contributed by atoms with Crippen molar-refractivity contribution >= 4 is 0 Å². The van der Waals surface area contributed by atoms with Crippen LogP contribution in [0.2, 0.25) is 0 Å². The summed E-state index contributed by atoms with van der Waals surface area (Å²) in [6.07, 6.45) is 1.11. The molecule has 0 bridgehead atoms. The predicted octanol–water partition coefficient (Wildman–Crippen LogP) is 2.34. The second kappa shape index (κ2) is 6.02. The standard InChI is InChI=1S/C14H24N2/c1-5-12-6-8-13(9-7-12)10-16-14(2,3)11-15-4/h6-9,15-16H,5,10-11H2,1-4H3. The highest BCUT2D eigenvalue weighted by molar-refractivity contribution is 5.22. The lowest BCUT2D eigenvalue weighted by Crippen LogP contribution is -2.46. The van der Waals surface area contributed by atoms with Crippen LogP contribution in [0.15, 0.2) is 24.3 Å². The molecule has 90 valence electrons. The van der Waals surface area contributed by atoms with E-state index >= 15 is 0 Å². The van der Waals surface area contributed by atoms with Gasteiger partial charge in [-0.15, -0.1) is 0 Å². The van der Waals surface area contributed by atoms with Crippen LogP contribution in [-0.4, -0.2) is 19.1 Å². The molecule has 0 amide bonds. The Morgan fingerprint density at radius 2 is 1.62 bits per heavy atom. The van der Waals surface area contributed by atoms with Gasteiger partial charge in [0, 0.05) is 18.6 Å². The van der Waals surface area contributed by atoms with Crippen molar-refractivity contribution in [3.8, 4) is 0 Å². The Morgan fingerprint density at radius 1 is 1.06 bits per heavy atom. The van der Waals surface area contributed by atoms with Crippen LogP contribution >= 0.6 is 0 Å². The average molecular weight is 220 g/mol. The van der Waals surface area contributed by atoms with Gasteiger partial charge in [0.15, 0.2) is 0 Å². The molecule has 0 spiro atoms. The summed E-state index contributed by atoms with van der Waals surface area (Å²) in [7, 11) is 1.99. The second-order valence-electron chi connectivity index (χ2n) is 4.94. The molecule has 0 heterocycles. The van der Waals surface area contributed by atoms with Gasteiger partial charge in [-0.2, -0.15) is 0 Å². The number of likely N-dealkylation sites (N-methyl/N-ethyl adjacent to an activating group) is 1. The fourth-order valence-electron chi connectivity index (χ4n) is 1.74. The van der Waals surface area contributed by atoms with Crippen molar-refractivity contribution in [1.82, 2.24) is 10.6 Å². The van der Waals surface area contributed by atoms with Crippen LogP contribution in [0.1, 0.15) is 31.9 Å². The lowest BCUT2D eigenvalue weighted by atomic mass is 10.0. The molecule has 0 fully saturated rings. The van der Waals surface area contributed by atoms with Gasteiger partial charge in [0.25, 0.3) is 0 Å². The van der Waals surface area contributed by atoms with Crippen LogP contribution in [-0.2, 0) is 13.0 Å². The molecule has 2 nitrogen and oxygen atoms in total. The normalized spacial score (nSPS) is 11.8. The number of aryl methyl sites for hydroxylation is 1. The van der Waals surface area contributed by atoms with Gasteiger partial charge in [-0.05, 0) is 38.4 Å². The fraction of sp³-hybridized carbons (Fsp3) is 0.571. The molecule has 2 heteroatoms. The van der Waals surface area contributed by atoms with Crippen molar-refractivity contribution in [2.75, 3.05) is 13.6 Å². The van der Waals surface area contributed by atoms with Gasteiger partial charge in [-0.25, -0.2) is 0 Å². The Kier molecular flexibility index (Phi) is 4.97. The van der Waals surface area contributed by atoms with Crippen LogP contribution < -0.4 is 10.6 Å². The summed E-state index contributed by atoms with van der Waals surface area (Å²) >= 11 is 0. The Labute approximate surface area is 99.5 Å². The van der Waals surface area contributed by atoms with Crippen molar-refractivity contribution in [2.24, 2.45) is 0 Å². The third-order valence-electron chi connectivity index (χ3n) is 2.82. The summed E-state index contributed by atoms with van der Waals surface area (Å²) in [6, 6.07) is 8.84. The maximum absolute atomic E-state index is 3.55. The van der Waals surface area contributed by atoms with Crippen LogP contribution in [0.25, 0.3) is 0 Å². The quantitative estimate of drug-likeness (QED) is 0.769. The van der Waals surface area contributed by atoms with Crippen LogP contribution in [0.5, 0.6) is 0 Å². The zero-order valence-electron chi connectivity index (χ0n) is 10.9. The molecular formula is C14H24N2. The summed E-state index contributed by atoms with van der Waals surface area (Å²) in [5.74, 6) is 0. The maximum atomic E-state index is 3.55. The molecule has 0 saturated carbocycles. The van der Waals surface area contributed by atoms with E-state index in [9.17, 15) is 0 Å². The smallest absolute Gasteiger partial charge is 0.0252 e. The topological polar surface area (TPSA) is 24.1 Å². The molecular weight excluding hydrogens is 196 g/mol. The molecule has 0 aliphatic carbocycles. The Bertz CT molecular complexity index is 301. The van der Waals surface area contributed by atoms with Crippen LogP contribution in [0.3, 0.4) is 0 Å². The predicted molar refractivity (Wildman–Crippen MR) is 70.7 cm³/mol. The molecule has 1 aromatic rings.